The van der Waals surface area contributed by atoms with E-state index < -0.39 is 0 Å². The number of hydrogen-bond acceptors (Lipinski definition) is 1. The predicted molar refractivity (Wildman–Crippen MR) is 27.1 cm³/mol. The van der Waals surface area contributed by atoms with Gasteiger partial charge in [0.1, 0.15) is 0 Å². The summed E-state index contributed by atoms with van der Waals surface area (Å²) < 4.78 is 5.35. The lowest BCUT2D eigenvalue weighted by Gasteiger charge is -2.07. The van der Waals surface area contributed by atoms with Gasteiger partial charge in [0.25, 0.3) is 0 Å². The highest BCUT2D eigenvalue weighted by Crippen LogP contribution is 2.34. The summed E-state index contributed by atoms with van der Waals surface area (Å²) in [6.45, 7) is 1.06. The average Bonchev–Trinajstić information content (AvgIpc) is 2.22. The van der Waals surface area contributed by atoms with E-state index in [1.807, 2.05) is 0 Å². The van der Waals surface area contributed by atoms with E-state index >= 15 is 0 Å². The molecule has 0 spiro atoms. The molecule has 1 heterocycles. The lowest BCUT2D eigenvalue weighted by molar-refractivity contribution is 0.0775. The van der Waals surface area contributed by atoms with Gasteiger partial charge in [-0.3, -0.25) is 0 Å². The van der Waals surface area contributed by atoms with Gasteiger partial charge in [0, 0.05) is 6.61 Å². The SMILES string of the molecule is C1C[C@@H]2C[C@H]1CO2. The molecule has 0 N–H and O–H groups in total. The van der Waals surface area contributed by atoms with E-state index in [1.165, 1.54) is 19.3 Å². The third-order valence-electron chi connectivity index (χ3n) is 2.06. The Morgan fingerprint density at radius 2 is 2.29 bits per heavy atom. The van der Waals surface area contributed by atoms with Gasteiger partial charge in [0.05, 0.1) is 6.10 Å². The molecule has 2 aliphatic rings. The number of fused-ring (bicyclic) bond motifs is 2. The van der Waals surface area contributed by atoms with E-state index in [2.05, 4.69) is 0 Å². The largest absolute Gasteiger partial charge is 0.378 e. The average molecular weight is 98.1 g/mol. The van der Waals surface area contributed by atoms with Gasteiger partial charge >= 0.3 is 0 Å². The monoisotopic (exact) mass is 98.1 g/mol. The Labute approximate surface area is 43.7 Å². The van der Waals surface area contributed by atoms with Crippen LogP contribution < -0.4 is 0 Å². The Morgan fingerprint density at radius 3 is 2.43 bits per heavy atom. The van der Waals surface area contributed by atoms with Crippen molar-refractivity contribution in [3.63, 3.8) is 0 Å². The smallest absolute Gasteiger partial charge is 0.0578 e. The maximum atomic E-state index is 5.35. The molecule has 0 aromatic rings. The first-order valence-electron chi connectivity index (χ1n) is 3.07. The lowest BCUT2D eigenvalue weighted by Crippen LogP contribution is -2.05. The normalized spacial score (nSPS) is 48.0. The third-order valence-corrected chi connectivity index (χ3v) is 2.06. The van der Waals surface area contributed by atoms with Crippen molar-refractivity contribution in [1.29, 1.82) is 0 Å². The fourth-order valence-corrected chi connectivity index (χ4v) is 1.60. The number of ether oxygens (including phenoxy) is 1. The van der Waals surface area contributed by atoms with Gasteiger partial charge in [0.2, 0.25) is 0 Å². The molecule has 1 saturated heterocycles. The summed E-state index contributed by atoms with van der Waals surface area (Å²) in [4.78, 5) is 0. The highest BCUT2D eigenvalue weighted by Gasteiger charge is 2.31. The molecule has 7 heavy (non-hydrogen) atoms. The van der Waals surface area contributed by atoms with Gasteiger partial charge in [-0.05, 0) is 25.2 Å². The van der Waals surface area contributed by atoms with Crippen LogP contribution in [0.3, 0.4) is 0 Å². The maximum Gasteiger partial charge on any atom is 0.0578 e. The topological polar surface area (TPSA) is 9.23 Å². The van der Waals surface area contributed by atoms with Crippen LogP contribution in [0.15, 0.2) is 0 Å². The highest BCUT2D eigenvalue weighted by molar-refractivity contribution is 4.81. The second kappa shape index (κ2) is 1.22. The second-order valence-corrected chi connectivity index (χ2v) is 2.63. The number of rotatable bonds is 0. The van der Waals surface area contributed by atoms with Gasteiger partial charge in [-0.1, -0.05) is 0 Å². The van der Waals surface area contributed by atoms with Gasteiger partial charge < -0.3 is 4.74 Å². The molecule has 2 bridgehead atoms. The zero-order valence-corrected chi connectivity index (χ0v) is 4.39. The zero-order chi connectivity index (χ0) is 4.69. The molecule has 1 nitrogen and oxygen atoms in total. The van der Waals surface area contributed by atoms with Crippen LogP contribution in [0, 0.1) is 5.92 Å². The molecule has 1 aliphatic carbocycles. The first kappa shape index (κ1) is 3.90. The molecule has 0 amide bonds. The summed E-state index contributed by atoms with van der Waals surface area (Å²) in [5, 5.41) is 0. The van der Waals surface area contributed by atoms with Crippen molar-refractivity contribution in [3.8, 4) is 0 Å². The number of hydrogen-bond donors (Lipinski definition) is 0. The van der Waals surface area contributed by atoms with Crippen LogP contribution in [0.4, 0.5) is 0 Å². The minimum Gasteiger partial charge on any atom is -0.378 e. The summed E-state index contributed by atoms with van der Waals surface area (Å²) in [7, 11) is 0. The summed E-state index contributed by atoms with van der Waals surface area (Å²) in [6, 6.07) is 0. The third kappa shape index (κ3) is 0.480. The molecule has 1 heteroatoms. The quantitative estimate of drug-likeness (QED) is 0.442. The van der Waals surface area contributed by atoms with Crippen LogP contribution in [-0.4, -0.2) is 12.7 Å². The van der Waals surface area contributed by atoms with Crippen LogP contribution in [0.25, 0.3) is 0 Å². The van der Waals surface area contributed by atoms with Crippen molar-refractivity contribution in [2.45, 2.75) is 25.4 Å². The van der Waals surface area contributed by atoms with Gasteiger partial charge in [0.15, 0.2) is 0 Å². The van der Waals surface area contributed by atoms with Crippen LogP contribution >= 0.6 is 0 Å². The molecule has 0 unspecified atom stereocenters. The molecule has 0 aromatic heterocycles. The minimum absolute atomic E-state index is 0.671. The molecule has 2 fully saturated rings. The molecular weight excluding hydrogens is 88.1 g/mol. The molecule has 40 valence electrons. The van der Waals surface area contributed by atoms with Crippen LogP contribution in [0.2, 0.25) is 0 Å². The van der Waals surface area contributed by atoms with Crippen LogP contribution in [0.1, 0.15) is 19.3 Å². The Kier molecular flexibility index (Phi) is 0.680. The fraction of sp³-hybridized carbons (Fsp3) is 1.00. The predicted octanol–water partition coefficient (Wildman–Crippen LogP) is 1.19. The first-order valence-corrected chi connectivity index (χ1v) is 3.07. The van der Waals surface area contributed by atoms with Crippen molar-refractivity contribution < 1.29 is 4.74 Å². The Balaban J connectivity index is 2.12. The molecule has 0 radical (unpaired) electrons. The summed E-state index contributed by atoms with van der Waals surface area (Å²) in [5.74, 6) is 0.949. The molecular formula is C6H10O. The van der Waals surface area contributed by atoms with Crippen molar-refractivity contribution in [3.05, 3.63) is 0 Å². The highest BCUT2D eigenvalue weighted by atomic mass is 16.5. The maximum absolute atomic E-state index is 5.35. The van der Waals surface area contributed by atoms with Crippen molar-refractivity contribution in [1.82, 2.24) is 0 Å². The van der Waals surface area contributed by atoms with E-state index in [1.54, 1.807) is 0 Å². The second-order valence-electron chi connectivity index (χ2n) is 2.63. The molecule has 2 rings (SSSR count). The first-order chi connectivity index (χ1) is 3.45. The zero-order valence-electron chi connectivity index (χ0n) is 4.39. The standard InChI is InChI=1S/C6H10O/c1-2-6-3-5(1)4-7-6/h5-6H,1-4H2/t5-,6+/m0/s1. The summed E-state index contributed by atoms with van der Waals surface area (Å²) in [5.41, 5.74) is 0. The minimum atomic E-state index is 0.671. The van der Waals surface area contributed by atoms with E-state index in [9.17, 15) is 0 Å². The van der Waals surface area contributed by atoms with E-state index in [4.69, 9.17) is 4.74 Å². The molecule has 1 aliphatic heterocycles. The summed E-state index contributed by atoms with van der Waals surface area (Å²) >= 11 is 0. The Hall–Kier alpha value is -0.0400. The van der Waals surface area contributed by atoms with E-state index in [0.29, 0.717) is 6.10 Å². The molecule has 0 aromatic carbocycles. The molecule has 2 atom stereocenters. The van der Waals surface area contributed by atoms with Crippen molar-refractivity contribution >= 4 is 0 Å². The van der Waals surface area contributed by atoms with Gasteiger partial charge in [-0.25, -0.2) is 0 Å². The van der Waals surface area contributed by atoms with Gasteiger partial charge in [-0.15, -0.1) is 0 Å². The van der Waals surface area contributed by atoms with Crippen LogP contribution in [0.5, 0.6) is 0 Å². The van der Waals surface area contributed by atoms with E-state index in [-0.39, 0.29) is 0 Å². The van der Waals surface area contributed by atoms with Crippen LogP contribution in [-0.2, 0) is 4.74 Å². The van der Waals surface area contributed by atoms with Crippen molar-refractivity contribution in [2.75, 3.05) is 6.61 Å². The summed E-state index contributed by atoms with van der Waals surface area (Å²) in [6.07, 6.45) is 4.81. The fourth-order valence-electron chi connectivity index (χ4n) is 1.60. The van der Waals surface area contributed by atoms with Gasteiger partial charge in [-0.2, -0.15) is 0 Å². The Bertz CT molecular complexity index is 62.2. The molecule has 1 saturated carbocycles. The van der Waals surface area contributed by atoms with E-state index in [0.717, 1.165) is 12.5 Å². The lowest BCUT2D eigenvalue weighted by atomic mass is 10.1. The van der Waals surface area contributed by atoms with Crippen molar-refractivity contribution in [2.24, 2.45) is 5.92 Å². The Morgan fingerprint density at radius 1 is 1.29 bits per heavy atom.